The molecule has 0 radical (unpaired) electrons. The van der Waals surface area contributed by atoms with Crippen LogP contribution >= 0.6 is 0 Å². The number of ether oxygens (including phenoxy) is 1. The normalized spacial score (nSPS) is 10.6. The van der Waals surface area contributed by atoms with Crippen LogP contribution in [-0.4, -0.2) is 35.4 Å². The quantitative estimate of drug-likeness (QED) is 0.352. The average molecular weight is 230 g/mol. The van der Waals surface area contributed by atoms with E-state index in [1.807, 2.05) is 0 Å². The molecule has 0 fully saturated rings. The van der Waals surface area contributed by atoms with E-state index in [4.69, 9.17) is 14.9 Å². The van der Waals surface area contributed by atoms with E-state index in [9.17, 15) is 9.59 Å². The highest BCUT2D eigenvalue weighted by molar-refractivity contribution is 5.90. The van der Waals surface area contributed by atoms with Crippen molar-refractivity contribution >= 4 is 11.9 Å². The number of rotatable bonds is 9. The highest BCUT2D eigenvalue weighted by Gasteiger charge is 1.98. The highest BCUT2D eigenvalue weighted by atomic mass is 16.5. The number of aliphatic hydroxyl groups is 1. The minimum Gasteiger partial charge on any atom is -0.478 e. The first-order valence-corrected chi connectivity index (χ1v) is 5.35. The summed E-state index contributed by atoms with van der Waals surface area (Å²) in [6.07, 6.45) is 6.14. The van der Waals surface area contributed by atoms with E-state index in [2.05, 4.69) is 0 Å². The molecular weight excluding hydrogens is 212 g/mol. The summed E-state index contributed by atoms with van der Waals surface area (Å²) in [6.45, 7) is 0.525. The van der Waals surface area contributed by atoms with Crippen LogP contribution < -0.4 is 0 Å². The van der Waals surface area contributed by atoms with Gasteiger partial charge in [0, 0.05) is 18.8 Å². The van der Waals surface area contributed by atoms with Gasteiger partial charge in [-0.15, -0.1) is 0 Å². The lowest BCUT2D eigenvalue weighted by molar-refractivity contribution is -0.138. The fourth-order valence-corrected chi connectivity index (χ4v) is 1.10. The van der Waals surface area contributed by atoms with Gasteiger partial charge in [0.05, 0.1) is 6.61 Å². The lowest BCUT2D eigenvalue weighted by Crippen LogP contribution is -2.03. The zero-order valence-electron chi connectivity index (χ0n) is 9.22. The summed E-state index contributed by atoms with van der Waals surface area (Å²) in [5.41, 5.74) is 0. The first-order chi connectivity index (χ1) is 7.66. The molecule has 0 saturated carbocycles. The number of carboxylic acids is 1. The van der Waals surface area contributed by atoms with Gasteiger partial charge in [0.15, 0.2) is 0 Å². The molecule has 0 aromatic carbocycles. The first kappa shape index (κ1) is 14.6. The maximum absolute atomic E-state index is 10.9. The molecule has 16 heavy (non-hydrogen) atoms. The Hall–Kier alpha value is -1.36. The Morgan fingerprint density at radius 2 is 1.62 bits per heavy atom. The molecule has 0 saturated heterocycles. The van der Waals surface area contributed by atoms with Crippen LogP contribution in [0.4, 0.5) is 0 Å². The monoisotopic (exact) mass is 230 g/mol. The number of carboxylic acid groups (broad SMARTS) is 1. The molecule has 5 nitrogen and oxygen atoms in total. The summed E-state index contributed by atoms with van der Waals surface area (Å²) in [6, 6.07) is 0. The summed E-state index contributed by atoms with van der Waals surface area (Å²) in [4.78, 5) is 20.9. The molecule has 0 aromatic rings. The zero-order valence-corrected chi connectivity index (χ0v) is 9.22. The predicted octanol–water partition coefficient (Wildman–Crippen LogP) is 1.11. The average Bonchev–Trinajstić information content (AvgIpc) is 2.25. The zero-order chi connectivity index (χ0) is 12.2. The van der Waals surface area contributed by atoms with Crippen molar-refractivity contribution < 1.29 is 24.5 Å². The SMILES string of the molecule is O=C(O)C=CC(=O)OCCCCCCCO. The summed E-state index contributed by atoms with van der Waals surface area (Å²) in [5, 5.41) is 16.8. The fourth-order valence-electron chi connectivity index (χ4n) is 1.10. The Morgan fingerprint density at radius 3 is 2.25 bits per heavy atom. The molecule has 0 heterocycles. The Balaban J connectivity index is 3.31. The lowest BCUT2D eigenvalue weighted by Gasteiger charge is -2.01. The van der Waals surface area contributed by atoms with Crippen molar-refractivity contribution in [3.63, 3.8) is 0 Å². The van der Waals surface area contributed by atoms with Crippen molar-refractivity contribution in [2.24, 2.45) is 0 Å². The summed E-state index contributed by atoms with van der Waals surface area (Å²) >= 11 is 0. The first-order valence-electron chi connectivity index (χ1n) is 5.35. The fraction of sp³-hybridized carbons (Fsp3) is 0.636. The minimum absolute atomic E-state index is 0.217. The van der Waals surface area contributed by atoms with Crippen LogP contribution in [0.25, 0.3) is 0 Å². The molecule has 0 aliphatic heterocycles. The summed E-state index contributed by atoms with van der Waals surface area (Å²) in [7, 11) is 0. The molecule has 0 rings (SSSR count). The van der Waals surface area contributed by atoms with Gasteiger partial charge in [-0.05, 0) is 12.8 Å². The van der Waals surface area contributed by atoms with E-state index in [1.165, 1.54) is 0 Å². The molecule has 0 aliphatic carbocycles. The third-order valence-electron chi connectivity index (χ3n) is 1.91. The molecule has 2 N–H and O–H groups in total. The maximum atomic E-state index is 10.9. The largest absolute Gasteiger partial charge is 0.478 e. The van der Waals surface area contributed by atoms with Crippen molar-refractivity contribution in [2.75, 3.05) is 13.2 Å². The molecule has 0 spiro atoms. The van der Waals surface area contributed by atoms with Gasteiger partial charge in [0.1, 0.15) is 0 Å². The number of carbonyl (C=O) groups is 2. The van der Waals surface area contributed by atoms with Crippen LogP contribution in [0.15, 0.2) is 12.2 Å². The Labute approximate surface area is 94.7 Å². The van der Waals surface area contributed by atoms with Crippen LogP contribution in [0.2, 0.25) is 0 Å². The van der Waals surface area contributed by atoms with Gasteiger partial charge in [-0.2, -0.15) is 0 Å². The third-order valence-corrected chi connectivity index (χ3v) is 1.91. The molecular formula is C11H18O5. The second-order valence-electron chi connectivity index (χ2n) is 3.33. The number of esters is 1. The molecule has 0 bridgehead atoms. The van der Waals surface area contributed by atoms with Gasteiger partial charge < -0.3 is 14.9 Å². The Bertz CT molecular complexity index is 235. The molecule has 0 aromatic heterocycles. The maximum Gasteiger partial charge on any atom is 0.331 e. The Kier molecular flexibility index (Phi) is 9.30. The van der Waals surface area contributed by atoms with Crippen molar-refractivity contribution in [2.45, 2.75) is 32.1 Å². The molecule has 0 unspecified atom stereocenters. The van der Waals surface area contributed by atoms with Crippen LogP contribution in [0.5, 0.6) is 0 Å². The number of unbranched alkanes of at least 4 members (excludes halogenated alkanes) is 4. The molecule has 0 atom stereocenters. The van der Waals surface area contributed by atoms with Crippen molar-refractivity contribution in [1.29, 1.82) is 0 Å². The minimum atomic E-state index is -1.17. The highest BCUT2D eigenvalue weighted by Crippen LogP contribution is 2.02. The second kappa shape index (κ2) is 10.2. The molecule has 0 aliphatic rings. The topological polar surface area (TPSA) is 83.8 Å². The van der Waals surface area contributed by atoms with Crippen molar-refractivity contribution in [1.82, 2.24) is 0 Å². The number of hydrogen-bond donors (Lipinski definition) is 2. The number of hydrogen-bond acceptors (Lipinski definition) is 4. The standard InChI is InChI=1S/C11H18O5/c12-8-4-2-1-3-5-9-16-11(15)7-6-10(13)14/h6-7,12H,1-5,8-9H2,(H,13,14). The lowest BCUT2D eigenvalue weighted by atomic mass is 10.1. The number of carbonyl (C=O) groups excluding carboxylic acids is 1. The van der Waals surface area contributed by atoms with Crippen molar-refractivity contribution in [3.8, 4) is 0 Å². The van der Waals surface area contributed by atoms with Gasteiger partial charge in [0.2, 0.25) is 0 Å². The molecule has 92 valence electrons. The van der Waals surface area contributed by atoms with Gasteiger partial charge >= 0.3 is 11.9 Å². The predicted molar refractivity (Wildman–Crippen MR) is 57.9 cm³/mol. The van der Waals surface area contributed by atoms with Gasteiger partial charge in [-0.3, -0.25) is 0 Å². The summed E-state index contributed by atoms with van der Waals surface area (Å²) < 4.78 is 4.76. The third kappa shape index (κ3) is 10.7. The second-order valence-corrected chi connectivity index (χ2v) is 3.33. The van der Waals surface area contributed by atoms with Crippen LogP contribution in [0.3, 0.4) is 0 Å². The van der Waals surface area contributed by atoms with E-state index in [0.717, 1.165) is 44.3 Å². The van der Waals surface area contributed by atoms with E-state index in [1.54, 1.807) is 0 Å². The number of aliphatic hydroxyl groups excluding tert-OH is 1. The Morgan fingerprint density at radius 1 is 1.00 bits per heavy atom. The smallest absolute Gasteiger partial charge is 0.331 e. The van der Waals surface area contributed by atoms with Gasteiger partial charge in [0.25, 0.3) is 0 Å². The van der Waals surface area contributed by atoms with E-state index in [0.29, 0.717) is 6.61 Å². The molecule has 5 heteroatoms. The van der Waals surface area contributed by atoms with Crippen molar-refractivity contribution in [3.05, 3.63) is 12.2 Å². The van der Waals surface area contributed by atoms with E-state index < -0.39 is 11.9 Å². The number of aliphatic carboxylic acids is 1. The summed E-state index contributed by atoms with van der Waals surface area (Å²) in [5.74, 6) is -1.79. The van der Waals surface area contributed by atoms with Crippen LogP contribution in [0, 0.1) is 0 Å². The van der Waals surface area contributed by atoms with Crippen LogP contribution in [-0.2, 0) is 14.3 Å². The van der Waals surface area contributed by atoms with E-state index in [-0.39, 0.29) is 6.61 Å². The van der Waals surface area contributed by atoms with Crippen LogP contribution in [0.1, 0.15) is 32.1 Å². The molecule has 0 amide bonds. The van der Waals surface area contributed by atoms with Gasteiger partial charge in [-0.1, -0.05) is 19.3 Å². The van der Waals surface area contributed by atoms with Gasteiger partial charge in [-0.25, -0.2) is 9.59 Å². The van der Waals surface area contributed by atoms with E-state index >= 15 is 0 Å².